The van der Waals surface area contributed by atoms with Crippen LogP contribution in [0.1, 0.15) is 44.8 Å². The van der Waals surface area contributed by atoms with Gasteiger partial charge in [0.15, 0.2) is 0 Å². The quantitative estimate of drug-likeness (QED) is 0.708. The van der Waals surface area contributed by atoms with Gasteiger partial charge in [0.2, 0.25) is 0 Å². The maximum absolute atomic E-state index is 4.27. The maximum Gasteiger partial charge on any atom is 0.0953 e. The summed E-state index contributed by atoms with van der Waals surface area (Å²) in [5.74, 6) is 0. The van der Waals surface area contributed by atoms with E-state index in [0.29, 0.717) is 6.04 Å². The van der Waals surface area contributed by atoms with E-state index < -0.39 is 0 Å². The zero-order valence-electron chi connectivity index (χ0n) is 10.7. The predicted molar refractivity (Wildman–Crippen MR) is 72.7 cm³/mol. The second-order valence-corrected chi connectivity index (χ2v) is 4.62. The van der Waals surface area contributed by atoms with Crippen LogP contribution in [0.3, 0.4) is 0 Å². The highest BCUT2D eigenvalue weighted by molar-refractivity contribution is 5.75. The number of allylic oxidation sites excluding steroid dienone is 5. The Morgan fingerprint density at radius 3 is 2.88 bits per heavy atom. The van der Waals surface area contributed by atoms with Crippen LogP contribution in [0.25, 0.3) is 5.57 Å². The summed E-state index contributed by atoms with van der Waals surface area (Å²) in [5, 5.41) is 0. The number of hydrogen-bond donors (Lipinski definition) is 0. The third-order valence-electron chi connectivity index (χ3n) is 3.46. The molecule has 1 aliphatic carbocycles. The lowest BCUT2D eigenvalue weighted by Crippen LogP contribution is -2.18. The van der Waals surface area contributed by atoms with Gasteiger partial charge in [-0.15, -0.1) is 0 Å². The standard InChI is InChI=1S/C15H20N2/c1-4-5-7-12(2)13(3)15-10-16-11-17(15)14-8-6-9-14/h4-5,7,10-11,14H,3,6,8-9H2,1-2H3/b5-4-,12-7-. The van der Waals surface area contributed by atoms with Gasteiger partial charge in [-0.1, -0.05) is 24.8 Å². The minimum Gasteiger partial charge on any atom is -0.328 e. The van der Waals surface area contributed by atoms with Crippen LogP contribution in [-0.4, -0.2) is 9.55 Å². The summed E-state index contributed by atoms with van der Waals surface area (Å²) in [7, 11) is 0. The monoisotopic (exact) mass is 228 g/mol. The fourth-order valence-corrected chi connectivity index (χ4v) is 2.04. The molecule has 2 nitrogen and oxygen atoms in total. The van der Waals surface area contributed by atoms with Crippen molar-refractivity contribution in [2.45, 2.75) is 39.2 Å². The SMILES string of the molecule is C=C(/C(C)=C\C=C/C)c1cncn1C1CCC1. The maximum atomic E-state index is 4.27. The molecule has 2 heteroatoms. The topological polar surface area (TPSA) is 17.8 Å². The normalized spacial score (nSPS) is 17.4. The van der Waals surface area contributed by atoms with E-state index in [-0.39, 0.29) is 0 Å². The van der Waals surface area contributed by atoms with Crippen molar-refractivity contribution in [2.75, 3.05) is 0 Å². The van der Waals surface area contributed by atoms with Crippen molar-refractivity contribution >= 4 is 5.57 Å². The van der Waals surface area contributed by atoms with Crippen LogP contribution in [0.4, 0.5) is 0 Å². The summed E-state index contributed by atoms with van der Waals surface area (Å²) in [5.41, 5.74) is 3.43. The van der Waals surface area contributed by atoms with Crippen LogP contribution in [0.2, 0.25) is 0 Å². The summed E-state index contributed by atoms with van der Waals surface area (Å²) in [4.78, 5) is 4.27. The molecule has 1 heterocycles. The molecule has 17 heavy (non-hydrogen) atoms. The Balaban J connectivity index is 2.21. The predicted octanol–water partition coefficient (Wildman–Crippen LogP) is 4.14. The minimum absolute atomic E-state index is 0.638. The summed E-state index contributed by atoms with van der Waals surface area (Å²) in [6, 6.07) is 0.638. The van der Waals surface area contributed by atoms with Gasteiger partial charge in [-0.25, -0.2) is 4.98 Å². The van der Waals surface area contributed by atoms with Crippen molar-refractivity contribution in [3.8, 4) is 0 Å². The van der Waals surface area contributed by atoms with Crippen LogP contribution in [0, 0.1) is 0 Å². The molecule has 2 rings (SSSR count). The highest BCUT2D eigenvalue weighted by Crippen LogP contribution is 2.34. The first-order valence-electron chi connectivity index (χ1n) is 6.25. The molecule has 90 valence electrons. The van der Waals surface area contributed by atoms with E-state index in [2.05, 4.69) is 29.1 Å². The molecule has 0 aliphatic heterocycles. The number of nitrogens with zero attached hydrogens (tertiary/aromatic N) is 2. The van der Waals surface area contributed by atoms with E-state index in [1.54, 1.807) is 0 Å². The molecule has 1 fully saturated rings. The molecule has 0 bridgehead atoms. The van der Waals surface area contributed by atoms with Crippen LogP contribution in [0.5, 0.6) is 0 Å². The van der Waals surface area contributed by atoms with E-state index in [1.807, 2.05) is 31.6 Å². The third-order valence-corrected chi connectivity index (χ3v) is 3.46. The van der Waals surface area contributed by atoms with Gasteiger partial charge in [0, 0.05) is 6.04 Å². The second-order valence-electron chi connectivity index (χ2n) is 4.62. The van der Waals surface area contributed by atoms with Gasteiger partial charge < -0.3 is 4.57 Å². The molecule has 0 N–H and O–H groups in total. The molecule has 0 atom stereocenters. The molecule has 0 aromatic carbocycles. The minimum atomic E-state index is 0.638. The molecular weight excluding hydrogens is 208 g/mol. The summed E-state index contributed by atoms with van der Waals surface area (Å²) in [6.07, 6.45) is 13.9. The lowest BCUT2D eigenvalue weighted by atomic mass is 9.92. The third kappa shape index (κ3) is 2.41. The smallest absolute Gasteiger partial charge is 0.0953 e. The number of rotatable bonds is 4. The lowest BCUT2D eigenvalue weighted by molar-refractivity contribution is 0.312. The Morgan fingerprint density at radius 1 is 1.53 bits per heavy atom. The first-order chi connectivity index (χ1) is 8.24. The Hall–Kier alpha value is -1.57. The van der Waals surface area contributed by atoms with Gasteiger partial charge in [-0.05, 0) is 44.3 Å². The number of aromatic nitrogens is 2. The largest absolute Gasteiger partial charge is 0.328 e. The molecule has 1 aromatic heterocycles. The van der Waals surface area contributed by atoms with Crippen molar-refractivity contribution < 1.29 is 0 Å². The zero-order valence-corrected chi connectivity index (χ0v) is 10.7. The van der Waals surface area contributed by atoms with E-state index in [9.17, 15) is 0 Å². The van der Waals surface area contributed by atoms with E-state index >= 15 is 0 Å². The second kappa shape index (κ2) is 5.17. The summed E-state index contributed by atoms with van der Waals surface area (Å²) < 4.78 is 2.28. The van der Waals surface area contributed by atoms with Crippen molar-refractivity contribution in [3.63, 3.8) is 0 Å². The highest BCUT2D eigenvalue weighted by atomic mass is 15.1. The number of imidazole rings is 1. The summed E-state index contributed by atoms with van der Waals surface area (Å²) in [6.45, 7) is 8.31. The zero-order chi connectivity index (χ0) is 12.3. The molecule has 0 unspecified atom stereocenters. The molecule has 0 spiro atoms. The van der Waals surface area contributed by atoms with Crippen LogP contribution in [-0.2, 0) is 0 Å². The fraction of sp³-hybridized carbons (Fsp3) is 0.400. The van der Waals surface area contributed by atoms with Crippen LogP contribution in [0.15, 0.2) is 42.9 Å². The van der Waals surface area contributed by atoms with Crippen LogP contribution < -0.4 is 0 Å². The van der Waals surface area contributed by atoms with Gasteiger partial charge in [-0.2, -0.15) is 0 Å². The van der Waals surface area contributed by atoms with Gasteiger partial charge in [0.1, 0.15) is 0 Å². The molecule has 0 amide bonds. The molecule has 1 aliphatic rings. The van der Waals surface area contributed by atoms with Crippen molar-refractivity contribution in [1.82, 2.24) is 9.55 Å². The Labute approximate surface area is 103 Å². The molecule has 0 saturated heterocycles. The average molecular weight is 228 g/mol. The molecule has 1 saturated carbocycles. The van der Waals surface area contributed by atoms with Gasteiger partial charge in [0.05, 0.1) is 18.2 Å². The summed E-state index contributed by atoms with van der Waals surface area (Å²) >= 11 is 0. The first-order valence-corrected chi connectivity index (χ1v) is 6.25. The first kappa shape index (κ1) is 11.9. The van der Waals surface area contributed by atoms with Crippen LogP contribution >= 0.6 is 0 Å². The Kier molecular flexibility index (Phi) is 3.62. The fourth-order valence-electron chi connectivity index (χ4n) is 2.04. The van der Waals surface area contributed by atoms with Gasteiger partial charge in [-0.3, -0.25) is 0 Å². The Morgan fingerprint density at radius 2 is 2.29 bits per heavy atom. The lowest BCUT2D eigenvalue weighted by Gasteiger charge is -2.28. The van der Waals surface area contributed by atoms with Crippen molar-refractivity contribution in [1.29, 1.82) is 0 Å². The van der Waals surface area contributed by atoms with E-state index in [1.165, 1.54) is 24.8 Å². The van der Waals surface area contributed by atoms with Crippen molar-refractivity contribution in [2.24, 2.45) is 0 Å². The van der Waals surface area contributed by atoms with E-state index in [0.717, 1.165) is 11.3 Å². The molecule has 1 aromatic rings. The average Bonchev–Trinajstić information content (AvgIpc) is 2.71. The van der Waals surface area contributed by atoms with Gasteiger partial charge in [0.25, 0.3) is 0 Å². The molecular formula is C15H20N2. The molecule has 0 radical (unpaired) electrons. The van der Waals surface area contributed by atoms with Gasteiger partial charge >= 0.3 is 0 Å². The highest BCUT2D eigenvalue weighted by Gasteiger charge is 2.22. The van der Waals surface area contributed by atoms with E-state index in [4.69, 9.17) is 0 Å². The Bertz CT molecular complexity index is 459. The van der Waals surface area contributed by atoms with Crippen molar-refractivity contribution in [3.05, 3.63) is 48.6 Å². The number of hydrogen-bond acceptors (Lipinski definition) is 1.